The van der Waals surface area contributed by atoms with Crippen molar-refractivity contribution >= 4 is 0 Å². The zero-order valence-corrected chi connectivity index (χ0v) is 12.6. The summed E-state index contributed by atoms with van der Waals surface area (Å²) in [5.41, 5.74) is 0. The van der Waals surface area contributed by atoms with Crippen molar-refractivity contribution in [3.8, 4) is 0 Å². The van der Waals surface area contributed by atoms with E-state index in [-0.39, 0.29) is 0 Å². The predicted molar refractivity (Wildman–Crippen MR) is 76.6 cm³/mol. The molecule has 3 rings (SSSR count). The van der Waals surface area contributed by atoms with Gasteiger partial charge in [-0.3, -0.25) is 4.90 Å². The summed E-state index contributed by atoms with van der Waals surface area (Å²) in [4.78, 5) is 5.47. The van der Waals surface area contributed by atoms with Gasteiger partial charge in [0.05, 0.1) is 0 Å². The molecule has 2 heteroatoms. The van der Waals surface area contributed by atoms with E-state index >= 15 is 0 Å². The van der Waals surface area contributed by atoms with Crippen LogP contribution < -0.4 is 0 Å². The average molecular weight is 250 g/mol. The molecule has 18 heavy (non-hydrogen) atoms. The van der Waals surface area contributed by atoms with E-state index in [1.165, 1.54) is 39.0 Å². The van der Waals surface area contributed by atoms with Crippen molar-refractivity contribution in [3.05, 3.63) is 0 Å². The number of piperidine rings is 2. The van der Waals surface area contributed by atoms with E-state index in [0.29, 0.717) is 0 Å². The molecule has 0 amide bonds. The lowest BCUT2D eigenvalue weighted by Crippen LogP contribution is -2.47. The molecule has 0 aromatic rings. The standard InChI is InChI=1S/C16H30N2/c1-11(2)16-14-9-18(10-15(14)16)13-5-7-17(8-6-13)12(3)4/h11-16H,5-10H2,1-4H3/t14-,15+,16?. The minimum atomic E-state index is 0.739. The fourth-order valence-corrected chi connectivity index (χ4v) is 4.66. The van der Waals surface area contributed by atoms with E-state index in [4.69, 9.17) is 0 Å². The van der Waals surface area contributed by atoms with Gasteiger partial charge < -0.3 is 4.90 Å². The molecule has 0 spiro atoms. The van der Waals surface area contributed by atoms with Gasteiger partial charge in [0.1, 0.15) is 0 Å². The van der Waals surface area contributed by atoms with E-state index < -0.39 is 0 Å². The molecule has 3 atom stereocenters. The molecule has 0 aromatic carbocycles. The van der Waals surface area contributed by atoms with Crippen LogP contribution in [-0.2, 0) is 0 Å². The van der Waals surface area contributed by atoms with Gasteiger partial charge in [-0.2, -0.15) is 0 Å². The van der Waals surface area contributed by atoms with Crippen LogP contribution in [0.2, 0.25) is 0 Å². The van der Waals surface area contributed by atoms with Crippen LogP contribution in [0.1, 0.15) is 40.5 Å². The van der Waals surface area contributed by atoms with Gasteiger partial charge in [0.2, 0.25) is 0 Å². The van der Waals surface area contributed by atoms with Gasteiger partial charge in [-0.15, -0.1) is 0 Å². The van der Waals surface area contributed by atoms with Crippen molar-refractivity contribution in [2.45, 2.75) is 52.6 Å². The lowest BCUT2D eigenvalue weighted by atomic mass is 10.00. The van der Waals surface area contributed by atoms with Crippen molar-refractivity contribution in [3.63, 3.8) is 0 Å². The molecule has 2 nitrogen and oxygen atoms in total. The van der Waals surface area contributed by atoms with Gasteiger partial charge in [0.25, 0.3) is 0 Å². The first-order valence-electron chi connectivity index (χ1n) is 8.06. The van der Waals surface area contributed by atoms with Crippen molar-refractivity contribution in [1.82, 2.24) is 9.80 Å². The third-order valence-electron chi connectivity index (χ3n) is 5.80. The van der Waals surface area contributed by atoms with Crippen LogP contribution in [0.15, 0.2) is 0 Å². The van der Waals surface area contributed by atoms with Crippen LogP contribution in [0.25, 0.3) is 0 Å². The molecule has 2 aliphatic heterocycles. The second kappa shape index (κ2) is 4.79. The lowest BCUT2D eigenvalue weighted by Gasteiger charge is -2.39. The molecule has 0 aromatic heterocycles. The summed E-state index contributed by atoms with van der Waals surface area (Å²) in [6, 6.07) is 1.64. The third-order valence-corrected chi connectivity index (χ3v) is 5.80. The number of likely N-dealkylation sites (tertiary alicyclic amines) is 2. The summed E-state index contributed by atoms with van der Waals surface area (Å²) in [5.74, 6) is 4.11. The van der Waals surface area contributed by atoms with Gasteiger partial charge in [-0.1, -0.05) is 13.8 Å². The van der Waals surface area contributed by atoms with Gasteiger partial charge in [0.15, 0.2) is 0 Å². The number of fused-ring (bicyclic) bond motifs is 1. The van der Waals surface area contributed by atoms with Crippen molar-refractivity contribution in [2.24, 2.45) is 23.7 Å². The fourth-order valence-electron chi connectivity index (χ4n) is 4.66. The summed E-state index contributed by atoms with van der Waals surface area (Å²) >= 11 is 0. The molecule has 2 saturated heterocycles. The average Bonchev–Trinajstić information content (AvgIpc) is 2.86. The Kier molecular flexibility index (Phi) is 3.44. The third kappa shape index (κ3) is 2.22. The first-order chi connectivity index (χ1) is 8.58. The summed E-state index contributed by atoms with van der Waals surface area (Å²) in [6.45, 7) is 15.0. The number of hydrogen-bond acceptors (Lipinski definition) is 2. The first kappa shape index (κ1) is 12.9. The molecule has 3 aliphatic rings. The smallest absolute Gasteiger partial charge is 0.0120 e. The zero-order valence-electron chi connectivity index (χ0n) is 12.6. The highest BCUT2D eigenvalue weighted by molar-refractivity contribution is 5.07. The van der Waals surface area contributed by atoms with E-state index in [9.17, 15) is 0 Å². The number of hydrogen-bond donors (Lipinski definition) is 0. The monoisotopic (exact) mass is 250 g/mol. The molecule has 1 unspecified atom stereocenters. The van der Waals surface area contributed by atoms with Gasteiger partial charge in [0, 0.05) is 25.2 Å². The molecular weight excluding hydrogens is 220 g/mol. The highest BCUT2D eigenvalue weighted by Gasteiger charge is 2.57. The minimum absolute atomic E-state index is 0.739. The fraction of sp³-hybridized carbons (Fsp3) is 1.00. The molecule has 0 bridgehead atoms. The molecule has 1 saturated carbocycles. The maximum absolute atomic E-state index is 2.83. The number of rotatable bonds is 3. The quantitative estimate of drug-likeness (QED) is 0.760. The van der Waals surface area contributed by atoms with Gasteiger partial charge in [-0.05, 0) is 63.5 Å². The van der Waals surface area contributed by atoms with E-state index in [0.717, 1.165) is 35.8 Å². The second-order valence-corrected chi connectivity index (χ2v) is 7.46. The van der Waals surface area contributed by atoms with E-state index in [1.807, 2.05) is 0 Å². The van der Waals surface area contributed by atoms with Crippen molar-refractivity contribution in [1.29, 1.82) is 0 Å². The Balaban J connectivity index is 1.46. The van der Waals surface area contributed by atoms with Gasteiger partial charge in [-0.25, -0.2) is 0 Å². The Morgan fingerprint density at radius 2 is 1.44 bits per heavy atom. The Hall–Kier alpha value is -0.0800. The zero-order chi connectivity index (χ0) is 12.9. The van der Waals surface area contributed by atoms with Gasteiger partial charge >= 0.3 is 0 Å². The molecule has 2 heterocycles. The molecule has 104 valence electrons. The minimum Gasteiger partial charge on any atom is -0.301 e. The predicted octanol–water partition coefficient (Wildman–Crippen LogP) is 2.69. The topological polar surface area (TPSA) is 6.48 Å². The summed E-state index contributed by atoms with van der Waals surface area (Å²) < 4.78 is 0. The maximum Gasteiger partial charge on any atom is 0.0120 e. The summed E-state index contributed by atoms with van der Waals surface area (Å²) in [6.07, 6.45) is 2.81. The van der Waals surface area contributed by atoms with Crippen LogP contribution in [0, 0.1) is 23.7 Å². The molecular formula is C16H30N2. The van der Waals surface area contributed by atoms with E-state index in [2.05, 4.69) is 37.5 Å². The molecule has 1 aliphatic carbocycles. The largest absolute Gasteiger partial charge is 0.301 e. The van der Waals surface area contributed by atoms with Crippen LogP contribution in [0.3, 0.4) is 0 Å². The summed E-state index contributed by atoms with van der Waals surface area (Å²) in [7, 11) is 0. The lowest BCUT2D eigenvalue weighted by molar-refractivity contribution is 0.0948. The summed E-state index contributed by atoms with van der Waals surface area (Å²) in [5, 5.41) is 0. The maximum atomic E-state index is 2.83. The number of nitrogens with zero attached hydrogens (tertiary/aromatic N) is 2. The Morgan fingerprint density at radius 1 is 0.889 bits per heavy atom. The second-order valence-electron chi connectivity index (χ2n) is 7.46. The highest BCUT2D eigenvalue weighted by Crippen LogP contribution is 2.56. The normalized spacial score (nSPS) is 38.7. The molecule has 3 fully saturated rings. The van der Waals surface area contributed by atoms with E-state index in [1.54, 1.807) is 0 Å². The Bertz CT molecular complexity index is 273. The van der Waals surface area contributed by atoms with Crippen molar-refractivity contribution < 1.29 is 0 Å². The van der Waals surface area contributed by atoms with Crippen LogP contribution in [-0.4, -0.2) is 48.1 Å². The van der Waals surface area contributed by atoms with Crippen LogP contribution in [0.4, 0.5) is 0 Å². The highest BCUT2D eigenvalue weighted by atomic mass is 15.2. The molecule has 0 radical (unpaired) electrons. The Morgan fingerprint density at radius 3 is 1.89 bits per heavy atom. The van der Waals surface area contributed by atoms with Crippen LogP contribution >= 0.6 is 0 Å². The first-order valence-corrected chi connectivity index (χ1v) is 8.06. The van der Waals surface area contributed by atoms with Crippen LogP contribution in [0.5, 0.6) is 0 Å². The Labute approximate surface area is 113 Å². The molecule has 0 N–H and O–H groups in total. The van der Waals surface area contributed by atoms with Crippen molar-refractivity contribution in [2.75, 3.05) is 26.2 Å². The SMILES string of the molecule is CC(C)C1[C@H]2CN(C3CCN(C(C)C)CC3)C[C@@H]12.